The summed E-state index contributed by atoms with van der Waals surface area (Å²) in [4.78, 5) is 28.5. The molecule has 2 amide bonds. The maximum absolute atomic E-state index is 12.2. The van der Waals surface area contributed by atoms with Gasteiger partial charge >= 0.3 is 12.0 Å². The third-order valence-corrected chi connectivity index (χ3v) is 3.58. The molecular weight excluding hydrogens is 274 g/mol. The molecule has 2 rings (SSSR count). The summed E-state index contributed by atoms with van der Waals surface area (Å²) < 4.78 is 0. The Labute approximate surface area is 122 Å². The van der Waals surface area contributed by atoms with Crippen molar-refractivity contribution in [3.8, 4) is 0 Å². The minimum Gasteiger partial charge on any atom is -0.478 e. The average molecular weight is 293 g/mol. The minimum absolute atomic E-state index is 0.0320. The quantitative estimate of drug-likeness (QED) is 0.778. The molecule has 21 heavy (non-hydrogen) atoms. The second kappa shape index (κ2) is 7.03. The van der Waals surface area contributed by atoms with Crippen LogP contribution < -0.4 is 5.32 Å². The van der Waals surface area contributed by atoms with Crippen LogP contribution in [0.3, 0.4) is 0 Å². The molecule has 1 aliphatic rings. The Kier molecular flexibility index (Phi) is 5.10. The van der Waals surface area contributed by atoms with Gasteiger partial charge in [-0.15, -0.1) is 0 Å². The lowest BCUT2D eigenvalue weighted by Crippen LogP contribution is -2.42. The van der Waals surface area contributed by atoms with Gasteiger partial charge in [-0.1, -0.05) is 0 Å². The van der Waals surface area contributed by atoms with Crippen molar-refractivity contribution in [2.45, 2.75) is 19.3 Å². The van der Waals surface area contributed by atoms with Crippen molar-refractivity contribution < 1.29 is 19.8 Å². The molecule has 1 fully saturated rings. The first kappa shape index (κ1) is 15.2. The highest BCUT2D eigenvalue weighted by molar-refractivity contribution is 5.92. The standard InChI is InChI=1S/C14H19N3O4/c18-5-3-10-2-1-4-17(9-10)14(21)16-12-6-11(13(19)20)7-15-8-12/h6-8,10,18H,1-5,9H2,(H,16,21)(H,19,20). The van der Waals surface area contributed by atoms with Crippen molar-refractivity contribution in [3.05, 3.63) is 24.0 Å². The molecule has 7 heteroatoms. The summed E-state index contributed by atoms with van der Waals surface area (Å²) in [6, 6.07) is 1.12. The lowest BCUT2D eigenvalue weighted by molar-refractivity contribution is 0.0696. The molecule has 7 nitrogen and oxygen atoms in total. The van der Waals surface area contributed by atoms with Crippen LogP contribution in [0.5, 0.6) is 0 Å². The van der Waals surface area contributed by atoms with Crippen molar-refractivity contribution in [1.82, 2.24) is 9.88 Å². The Morgan fingerprint density at radius 1 is 1.43 bits per heavy atom. The molecule has 114 valence electrons. The van der Waals surface area contributed by atoms with Crippen molar-refractivity contribution in [2.75, 3.05) is 25.0 Å². The number of likely N-dealkylation sites (tertiary alicyclic amines) is 1. The molecule has 0 aromatic carbocycles. The van der Waals surface area contributed by atoms with Gasteiger partial charge in [0.25, 0.3) is 0 Å². The number of urea groups is 1. The number of aliphatic hydroxyl groups excluding tert-OH is 1. The largest absolute Gasteiger partial charge is 0.478 e. The zero-order valence-electron chi connectivity index (χ0n) is 11.7. The van der Waals surface area contributed by atoms with E-state index in [1.165, 1.54) is 18.5 Å². The second-order valence-corrected chi connectivity index (χ2v) is 5.16. The number of nitrogens with one attached hydrogen (secondary N) is 1. The fraction of sp³-hybridized carbons (Fsp3) is 0.500. The molecule has 1 aliphatic heterocycles. The van der Waals surface area contributed by atoms with Gasteiger partial charge in [0.05, 0.1) is 17.4 Å². The minimum atomic E-state index is -1.08. The fourth-order valence-corrected chi connectivity index (χ4v) is 2.50. The number of aromatic carboxylic acids is 1. The molecule has 2 heterocycles. The molecule has 0 bridgehead atoms. The summed E-state index contributed by atoms with van der Waals surface area (Å²) in [5.41, 5.74) is 0.397. The van der Waals surface area contributed by atoms with Crippen LogP contribution in [-0.2, 0) is 0 Å². The molecule has 1 saturated heterocycles. The number of pyridine rings is 1. The number of nitrogens with zero attached hydrogens (tertiary/aromatic N) is 2. The van der Waals surface area contributed by atoms with Gasteiger partial charge in [0.1, 0.15) is 0 Å². The van der Waals surface area contributed by atoms with Crippen LogP contribution in [0.15, 0.2) is 18.5 Å². The van der Waals surface area contributed by atoms with Gasteiger partial charge in [0, 0.05) is 25.9 Å². The van der Waals surface area contributed by atoms with Crippen molar-refractivity contribution in [1.29, 1.82) is 0 Å². The molecule has 3 N–H and O–H groups in total. The first-order valence-electron chi connectivity index (χ1n) is 6.95. The van der Waals surface area contributed by atoms with Gasteiger partial charge < -0.3 is 20.4 Å². The van der Waals surface area contributed by atoms with Crippen molar-refractivity contribution in [3.63, 3.8) is 0 Å². The van der Waals surface area contributed by atoms with Gasteiger partial charge in [-0.2, -0.15) is 0 Å². The third-order valence-electron chi connectivity index (χ3n) is 3.58. The van der Waals surface area contributed by atoms with Crippen molar-refractivity contribution in [2.24, 2.45) is 5.92 Å². The Hall–Kier alpha value is -2.15. The Morgan fingerprint density at radius 2 is 2.24 bits per heavy atom. The van der Waals surface area contributed by atoms with Gasteiger partial charge in [0.15, 0.2) is 0 Å². The predicted molar refractivity (Wildman–Crippen MR) is 76.2 cm³/mol. The van der Waals surface area contributed by atoms with E-state index in [0.29, 0.717) is 31.1 Å². The number of hydrogen-bond donors (Lipinski definition) is 3. The summed E-state index contributed by atoms with van der Waals surface area (Å²) in [6.45, 7) is 1.41. The number of aromatic nitrogens is 1. The van der Waals surface area contributed by atoms with E-state index in [-0.39, 0.29) is 18.2 Å². The number of anilines is 1. The van der Waals surface area contributed by atoms with E-state index in [1.54, 1.807) is 4.90 Å². The number of piperidine rings is 1. The summed E-state index contributed by atoms with van der Waals surface area (Å²) in [7, 11) is 0. The van der Waals surface area contributed by atoms with E-state index < -0.39 is 5.97 Å². The summed E-state index contributed by atoms with van der Waals surface area (Å²) in [6.07, 6.45) is 5.27. The predicted octanol–water partition coefficient (Wildman–Crippen LogP) is 1.41. The number of rotatable bonds is 4. The van der Waals surface area contributed by atoms with Crippen LogP contribution in [-0.4, -0.2) is 51.8 Å². The lowest BCUT2D eigenvalue weighted by Gasteiger charge is -2.32. The first-order valence-corrected chi connectivity index (χ1v) is 6.95. The highest BCUT2D eigenvalue weighted by atomic mass is 16.4. The zero-order chi connectivity index (χ0) is 15.2. The molecule has 0 saturated carbocycles. The maximum Gasteiger partial charge on any atom is 0.337 e. The topological polar surface area (TPSA) is 103 Å². The monoisotopic (exact) mass is 293 g/mol. The molecule has 0 aliphatic carbocycles. The van der Waals surface area contributed by atoms with E-state index in [9.17, 15) is 9.59 Å². The summed E-state index contributed by atoms with van der Waals surface area (Å²) >= 11 is 0. The molecule has 1 aromatic rings. The molecule has 1 aromatic heterocycles. The van der Waals surface area contributed by atoms with Crippen LogP contribution >= 0.6 is 0 Å². The normalized spacial score (nSPS) is 18.3. The van der Waals surface area contributed by atoms with E-state index >= 15 is 0 Å². The Bertz CT molecular complexity index is 519. The van der Waals surface area contributed by atoms with E-state index in [1.807, 2.05) is 0 Å². The van der Waals surface area contributed by atoms with Gasteiger partial charge in [-0.25, -0.2) is 9.59 Å². The van der Waals surface area contributed by atoms with Crippen LogP contribution in [0.25, 0.3) is 0 Å². The molecular formula is C14H19N3O4. The molecule has 0 radical (unpaired) electrons. The molecule has 0 spiro atoms. The number of carboxylic acid groups (broad SMARTS) is 1. The van der Waals surface area contributed by atoms with Gasteiger partial charge in [-0.3, -0.25) is 4.98 Å². The SMILES string of the molecule is O=C(O)c1cncc(NC(=O)N2CCCC(CCO)C2)c1. The lowest BCUT2D eigenvalue weighted by atomic mass is 9.95. The summed E-state index contributed by atoms with van der Waals surface area (Å²) in [5.74, 6) is -0.766. The number of carbonyl (C=O) groups excluding carboxylic acids is 1. The Balaban J connectivity index is 1.97. The maximum atomic E-state index is 12.2. The smallest absolute Gasteiger partial charge is 0.337 e. The molecule has 1 atom stereocenters. The van der Waals surface area contributed by atoms with Crippen LogP contribution in [0, 0.1) is 5.92 Å². The van der Waals surface area contributed by atoms with Crippen LogP contribution in [0.1, 0.15) is 29.6 Å². The average Bonchev–Trinajstić information content (AvgIpc) is 2.48. The number of aliphatic hydroxyl groups is 1. The third kappa shape index (κ3) is 4.16. The number of carboxylic acids is 1. The summed E-state index contributed by atoms with van der Waals surface area (Å²) in [5, 5.41) is 20.5. The number of hydrogen-bond acceptors (Lipinski definition) is 4. The second-order valence-electron chi connectivity index (χ2n) is 5.16. The number of amides is 2. The van der Waals surface area contributed by atoms with Crippen LogP contribution in [0.2, 0.25) is 0 Å². The van der Waals surface area contributed by atoms with E-state index in [4.69, 9.17) is 10.2 Å². The van der Waals surface area contributed by atoms with Crippen molar-refractivity contribution >= 4 is 17.7 Å². The zero-order valence-corrected chi connectivity index (χ0v) is 11.7. The number of carbonyl (C=O) groups is 2. The van der Waals surface area contributed by atoms with Gasteiger partial charge in [0.2, 0.25) is 0 Å². The highest BCUT2D eigenvalue weighted by Gasteiger charge is 2.23. The Morgan fingerprint density at radius 3 is 2.95 bits per heavy atom. The van der Waals surface area contributed by atoms with Crippen LogP contribution in [0.4, 0.5) is 10.5 Å². The first-order chi connectivity index (χ1) is 10.1. The highest BCUT2D eigenvalue weighted by Crippen LogP contribution is 2.20. The molecule has 1 unspecified atom stereocenters. The van der Waals surface area contributed by atoms with Gasteiger partial charge in [-0.05, 0) is 31.2 Å². The van der Waals surface area contributed by atoms with E-state index in [2.05, 4.69) is 10.3 Å². The van der Waals surface area contributed by atoms with E-state index in [0.717, 1.165) is 12.8 Å². The fourth-order valence-electron chi connectivity index (χ4n) is 2.50.